The Labute approximate surface area is 928 Å². The fraction of sp³-hybridized carbons (Fsp3) is 0.583. The molecule has 40 nitrogen and oxygen atoms in total. The Bertz CT molecular complexity index is 9730. The summed E-state index contributed by atoms with van der Waals surface area (Å²) >= 11 is 0.176. The van der Waals surface area contributed by atoms with Gasteiger partial charge in [0.15, 0.2) is 88.6 Å². The zero-order valence-electron chi connectivity index (χ0n) is 135. The minimum absolute atomic E-state index is 0.00194. The topological polar surface area (TPSA) is 554 Å². The van der Waals surface area contributed by atoms with Crippen molar-refractivity contribution in [1.29, 1.82) is 0 Å². The molecule has 0 bridgehead atoms. The number of fused-ring (bicyclic) bond motifs is 4. The third kappa shape index (κ3) is 23.8. The van der Waals surface area contributed by atoms with E-state index in [1.807, 2.05) is 0 Å². The van der Waals surface area contributed by atoms with Crippen molar-refractivity contribution in [1.82, 2.24) is 99.8 Å². The maximum Gasteiger partial charge on any atom is 0.191 e. The molecule has 144 heavy (non-hydrogen) atoms. The van der Waals surface area contributed by atoms with Crippen molar-refractivity contribution in [3.8, 4) is 0 Å². The minimum Gasteiger partial charge on any atom is -0.394 e. The van der Waals surface area contributed by atoms with Gasteiger partial charge in [-0.25, -0.2) is 76.2 Å². The summed E-state index contributed by atoms with van der Waals surface area (Å²) in [6.45, 7) is -10.4. The predicted octanol–water partition coefficient (Wildman–Crippen LogP) is 8.73. The molecule has 4 aromatic carbocycles. The number of aryl methyl sites for hydroxylation is 4. The van der Waals surface area contributed by atoms with Gasteiger partial charge < -0.3 is 101 Å². The van der Waals surface area contributed by atoms with Crippen LogP contribution in [0.3, 0.4) is 0 Å². The van der Waals surface area contributed by atoms with Crippen LogP contribution in [-0.4, -0.2) is 334 Å². The Morgan fingerprint density at radius 1 is 0.347 bits per heavy atom. The summed E-state index contributed by atoms with van der Waals surface area (Å²) in [7, 11) is 0. The molecule has 0 amide bonds. The number of anilines is 4. The Morgan fingerprint density at radius 2 is 0.604 bits per heavy atom. The molecule has 8 fully saturated rings. The summed E-state index contributed by atoms with van der Waals surface area (Å²) in [5.74, 6) is -14.0. The van der Waals surface area contributed by atoms with Gasteiger partial charge in [-0.1, -0.05) is 144 Å². The van der Waals surface area contributed by atoms with Gasteiger partial charge in [-0.3, -0.25) is 0 Å². The number of hydrogen-bond donors (Lipinski definition) is 16. The van der Waals surface area contributed by atoms with E-state index in [9.17, 15) is 78.8 Å². The molecule has 48 heteroatoms. The molecule has 16 N–H and O–H groups in total. The number of hydrogen-bond acceptors (Lipinski definition) is 40. The van der Waals surface area contributed by atoms with Gasteiger partial charge in [0, 0.05) is 145 Å². The number of thioether (sulfide) groups is 4. The van der Waals surface area contributed by atoms with Crippen molar-refractivity contribution in [2.24, 2.45) is 0 Å². The first kappa shape index (κ1) is 54.1. The van der Waals surface area contributed by atoms with Gasteiger partial charge in [0.25, 0.3) is 0 Å². The number of aromatic nitrogens is 20. The highest BCUT2D eigenvalue weighted by Gasteiger charge is 2.51. The number of rotatable bonds is 40. The maximum absolute atomic E-state index is 14.5. The first-order valence-corrected chi connectivity index (χ1v) is 45.1. The van der Waals surface area contributed by atoms with Crippen LogP contribution in [0.1, 0.15) is 279 Å². The van der Waals surface area contributed by atoms with Crippen molar-refractivity contribution >= 4 is 115 Å². The monoisotopic (exact) mass is 2130 g/mol. The van der Waals surface area contributed by atoms with Gasteiger partial charge in [-0.05, 0) is 147 Å². The highest BCUT2D eigenvalue weighted by Crippen LogP contribution is 2.50. The summed E-state index contributed by atoms with van der Waals surface area (Å²) < 4.78 is 577. The largest absolute Gasteiger partial charge is 0.394 e. The average molecular weight is 2130 g/mol. The zero-order valence-corrected chi connectivity index (χ0v) is 78.4. The molecule has 8 aromatic heterocycles. The highest BCUT2D eigenvalue weighted by atomic mass is 32.2. The van der Waals surface area contributed by atoms with Crippen LogP contribution in [0.5, 0.6) is 0 Å². The molecule has 20 rings (SSSR count). The zero-order chi connectivity index (χ0) is 156. The lowest BCUT2D eigenvalue weighted by atomic mass is 10.1. The molecular weight excluding hydrogens is 1950 g/mol. The van der Waals surface area contributed by atoms with Gasteiger partial charge in [0.2, 0.25) is 0 Å². The smallest absolute Gasteiger partial charge is 0.191 e. The molecule has 0 spiro atoms. The van der Waals surface area contributed by atoms with Crippen molar-refractivity contribution in [2.45, 2.75) is 297 Å². The molecule has 12 aromatic rings. The Morgan fingerprint density at radius 3 is 0.840 bits per heavy atom. The van der Waals surface area contributed by atoms with Crippen molar-refractivity contribution in [3.05, 3.63) is 141 Å². The van der Waals surface area contributed by atoms with Gasteiger partial charge in [-0.15, -0.1) is 20.4 Å². The van der Waals surface area contributed by atoms with Crippen LogP contribution in [0.4, 0.5) is 40.8 Å². The van der Waals surface area contributed by atoms with Crippen LogP contribution in [0.25, 0.3) is 44.7 Å². The standard InChI is InChI=1S/4C24H31FN6O4S/c4*1-3-8-36-24-27-22(26-16-10-14(16)13-5-4-12(2)15(25)9-13)19-23(28-24)31(30-29-19)17-11-18(35-7-6-32)21(34)20(17)33/h4*4-5,9,14,16-18,20-21,32-34H,3,6-8,10-11H2,1-2H3,(H,26,27,28)/t4*14-,16+,17+,18-,20-,21+/m0000/s1/i3D2,6D2,7D2,8D2,10D2,11D2,14D,17D,18D,20D,21D;3D2,7D2,8D2,10D2,11D2,14D,17D,18D,20D,21D;3D2,6D2,8D2,10D2,11D2,14D,17D,18D,20D,21D;3D2,8D2,10D2,11D2,14D,17D,18D,20D,21D. The molecule has 776 valence electrons. The van der Waals surface area contributed by atoms with Crippen LogP contribution >= 0.6 is 47.0 Å². The molecule has 8 saturated carbocycles. The molecule has 0 radical (unpaired) electrons. The number of nitrogens with zero attached hydrogens (tertiary/aromatic N) is 20. The molecule has 8 aliphatic rings. The second kappa shape index (κ2) is 47.3. The van der Waals surface area contributed by atoms with Gasteiger partial charge in [-0.2, -0.15) is 0 Å². The average Bonchev–Trinajstić information content (AvgIpc) is 1.48. The van der Waals surface area contributed by atoms with Crippen molar-refractivity contribution < 1.29 is 180 Å². The quantitative estimate of drug-likeness (QED) is 0.00969. The lowest BCUT2D eigenvalue weighted by Gasteiger charge is -2.17. The Hall–Kier alpha value is -9.52. The molecule has 0 saturated heterocycles. The highest BCUT2D eigenvalue weighted by molar-refractivity contribution is 7.99. The lowest BCUT2D eigenvalue weighted by molar-refractivity contribution is -0.0629. The van der Waals surface area contributed by atoms with Crippen molar-refractivity contribution in [2.75, 3.05) is 96.8 Å². The third-order valence-corrected chi connectivity index (χ3v) is 23.3. The summed E-state index contributed by atoms with van der Waals surface area (Å²) in [6.07, 6.45) is -85.8. The van der Waals surface area contributed by atoms with Crippen LogP contribution in [0.15, 0.2) is 93.4 Å². The number of ether oxygens (including phenoxy) is 4. The maximum atomic E-state index is 14.5. The van der Waals surface area contributed by atoms with E-state index in [-0.39, 0.29) is 110 Å². The second-order valence-corrected chi connectivity index (χ2v) is 33.2. The summed E-state index contributed by atoms with van der Waals surface area (Å²) in [5.41, 5.74) is -16.8. The van der Waals surface area contributed by atoms with E-state index in [0.29, 0.717) is 0 Å². The van der Waals surface area contributed by atoms with E-state index in [1.54, 1.807) is 0 Å². The molecule has 8 aliphatic carbocycles. The fourth-order valence-electron chi connectivity index (χ4n) is 13.4. The number of aliphatic hydroxyl groups excluding tert-OH is 2. The van der Waals surface area contributed by atoms with Crippen LogP contribution in [-0.2, 0) is 18.9 Å². The van der Waals surface area contributed by atoms with E-state index in [0.717, 1.165) is 52.0 Å². The number of benzene rings is 4. The SMILES string of the molecule is [2H]C([2H])(C)C([2H])([2H])Sc1nc(N[C@@H]2C([2H])([2H])[C@@]2([2H])c2ccc(C)c(F)c2)c2nnn([C@]3([2H])C([2H])([2H])[C@]([2H])(OC([2H])([2H])C([2H])([2H])O)[C@@]([2H])(O)[C@@]3([2H])O)c2n1.[2H]C([2H])(C)C([2H])([2H])Sc1nc(N[C@@H]2C([2H])([2H])[C@@]2([2H])c2ccc(C)c(F)c2)c2nnn([C@]3([2H])C([2H])([2H])[C@]([2H])(OCCO)[C@@]([2H])(O)[C@@]3([2H])O)c2n1.[2H]C([2H])(CO)O[C@@]1([2H])C([2H])([2H])[C@@]([2H])(n2nnc3c(N[C@@H]4C([2H])([2H])[C@@]4([2H])c4ccc(C)c(F)c4)nc(SC([2H])([2H])C([2H])([2H])C)nc32)[C@]([2H])(O)[C@]1([2H])O.[2H]C([2H])(O)CO[C@@]1([2H])C([2H])([2H])[C@@]([2H])(n2nnc3c(N[C@@H]4C([2H])([2H])[C@@]4([2H])c4ccc(C)c(F)c4)nc(SC([2H])([2H])C([2H])([2H])C)nc32)[C@]([2H])(O)[C@]1([2H])O. The van der Waals surface area contributed by atoms with Gasteiger partial charge in [0.05, 0.1) is 134 Å². The minimum atomic E-state index is -4.44. The molecule has 24 atom stereocenters. The summed E-state index contributed by atoms with van der Waals surface area (Å²) in [4.78, 5) is 32.4. The van der Waals surface area contributed by atoms with Gasteiger partial charge >= 0.3 is 0 Å². The number of nitrogens with one attached hydrogen (secondary N) is 4. The molecular formula is C96H124F4N24O16S4. The third-order valence-electron chi connectivity index (χ3n) is 20.7. The first-order valence-electron chi connectivity index (χ1n) is 71.8. The molecule has 0 aliphatic heterocycles. The number of halogens is 4. The van der Waals surface area contributed by atoms with E-state index in [1.165, 1.54) is 76.2 Å². The summed E-state index contributed by atoms with van der Waals surface area (Å²) in [5, 5.41) is 164. The van der Waals surface area contributed by atoms with E-state index < -0.39 is 409 Å². The first-order chi connectivity index (χ1) is 91.2. The van der Waals surface area contributed by atoms with E-state index >= 15 is 0 Å². The van der Waals surface area contributed by atoms with Gasteiger partial charge in [0.1, 0.15) is 71.9 Å². The van der Waals surface area contributed by atoms with Crippen LogP contribution in [0.2, 0.25) is 0 Å². The van der Waals surface area contributed by atoms with Crippen LogP contribution in [0, 0.1) is 51.0 Å². The molecule has 0 unspecified atom stereocenters. The van der Waals surface area contributed by atoms with Crippen molar-refractivity contribution in [3.63, 3.8) is 0 Å². The fourth-order valence-corrected chi connectivity index (χ4v) is 15.3. The van der Waals surface area contributed by atoms with E-state index in [4.69, 9.17) is 91.7 Å². The van der Waals surface area contributed by atoms with Crippen LogP contribution < -0.4 is 21.3 Å². The Balaban J connectivity index is 0.000000176. The summed E-state index contributed by atoms with van der Waals surface area (Å²) in [6, 6.07) is -7.37. The number of aliphatic hydroxyl groups is 12. The lowest BCUT2D eigenvalue weighted by Crippen LogP contribution is -2.33. The Kier molecular flexibility index (Phi) is 17.8. The predicted molar refractivity (Wildman–Crippen MR) is 530 cm³/mol. The second-order valence-electron chi connectivity index (χ2n) is 30.1. The van der Waals surface area contributed by atoms with E-state index in [2.05, 4.69) is 112 Å². The normalized spacial score (nSPS) is 47.9. The molecule has 8 heterocycles.